The second kappa shape index (κ2) is 5.90. The normalized spacial score (nSPS) is 19.9. The van der Waals surface area contributed by atoms with Crippen LogP contribution >= 0.6 is 9.24 Å². The van der Waals surface area contributed by atoms with Crippen molar-refractivity contribution in [3.8, 4) is 0 Å². The van der Waals surface area contributed by atoms with Crippen molar-refractivity contribution < 1.29 is 8.78 Å². The van der Waals surface area contributed by atoms with E-state index in [-0.39, 0.29) is 0 Å². The number of hydrogen-bond donors (Lipinski definition) is 1. The maximum absolute atomic E-state index is 13.3. The summed E-state index contributed by atoms with van der Waals surface area (Å²) in [6.45, 7) is 3.73. The average molecular weight is 266 g/mol. The second-order valence-corrected chi connectivity index (χ2v) is 6.51. The van der Waals surface area contributed by atoms with E-state index < -0.39 is 11.1 Å². The quantitative estimate of drug-likeness (QED) is 0.469. The molecule has 1 saturated carbocycles. The summed E-state index contributed by atoms with van der Waals surface area (Å²) in [5, 5.41) is 1.78. The summed E-state index contributed by atoms with van der Waals surface area (Å²) < 4.78 is 26.6. The van der Waals surface area contributed by atoms with Gasteiger partial charge < -0.3 is 0 Å². The van der Waals surface area contributed by atoms with Gasteiger partial charge in [0.15, 0.2) is 0 Å². The van der Waals surface area contributed by atoms with Crippen LogP contribution in [0.5, 0.6) is 0 Å². The molecule has 102 valence electrons. The van der Waals surface area contributed by atoms with Crippen LogP contribution in [-0.4, -0.2) is 23.3 Å². The topological polar surface area (TPSA) is 29.3 Å². The van der Waals surface area contributed by atoms with Gasteiger partial charge in [-0.2, -0.15) is 0 Å². The van der Waals surface area contributed by atoms with E-state index in [1.807, 2.05) is 0 Å². The SMILES string of the molecule is CC(C)(CCN(N)C1CCCCC1)C(F)(F)P. The van der Waals surface area contributed by atoms with Gasteiger partial charge in [0.25, 0.3) is 5.66 Å². The summed E-state index contributed by atoms with van der Waals surface area (Å²) in [4.78, 5) is 0. The largest absolute Gasteiger partial charge is 0.269 e. The molecule has 0 radical (unpaired) electrons. The van der Waals surface area contributed by atoms with Gasteiger partial charge in [-0.25, -0.2) is 13.8 Å². The molecular weight excluding hydrogens is 241 g/mol. The molecule has 0 aromatic heterocycles. The molecule has 1 fully saturated rings. The Balaban J connectivity index is 2.39. The lowest BCUT2D eigenvalue weighted by molar-refractivity contribution is -0.0310. The van der Waals surface area contributed by atoms with Crippen LogP contribution in [0.2, 0.25) is 0 Å². The first kappa shape index (κ1) is 15.3. The van der Waals surface area contributed by atoms with Gasteiger partial charge in [0.05, 0.1) is 0 Å². The monoisotopic (exact) mass is 266 g/mol. The molecule has 0 aromatic carbocycles. The Bertz CT molecular complexity index is 235. The minimum atomic E-state index is -2.74. The van der Waals surface area contributed by atoms with Gasteiger partial charge in [0.1, 0.15) is 0 Å². The summed E-state index contributed by atoms with van der Waals surface area (Å²) >= 11 is 0. The number of rotatable bonds is 5. The highest BCUT2D eigenvalue weighted by molar-refractivity contribution is 7.18. The van der Waals surface area contributed by atoms with E-state index in [4.69, 9.17) is 5.84 Å². The smallest absolute Gasteiger partial charge is 0.263 e. The summed E-state index contributed by atoms with van der Waals surface area (Å²) in [7, 11) is 1.64. The highest BCUT2D eigenvalue weighted by atomic mass is 31.0. The molecule has 0 aromatic rings. The zero-order valence-corrected chi connectivity index (χ0v) is 12.0. The molecule has 0 saturated heterocycles. The van der Waals surface area contributed by atoms with E-state index in [1.165, 1.54) is 19.3 Å². The molecule has 1 aliphatic rings. The van der Waals surface area contributed by atoms with Gasteiger partial charge >= 0.3 is 0 Å². The Morgan fingerprint density at radius 3 is 2.24 bits per heavy atom. The average Bonchev–Trinajstić information content (AvgIpc) is 2.25. The number of nitrogens with two attached hydrogens (primary N) is 1. The molecule has 5 heteroatoms. The third-order valence-corrected chi connectivity index (χ3v) is 4.72. The highest BCUT2D eigenvalue weighted by Gasteiger charge is 2.42. The molecule has 0 spiro atoms. The fraction of sp³-hybridized carbons (Fsp3) is 1.00. The highest BCUT2D eigenvalue weighted by Crippen LogP contribution is 2.44. The lowest BCUT2D eigenvalue weighted by Gasteiger charge is -2.35. The van der Waals surface area contributed by atoms with Crippen molar-refractivity contribution in [3.05, 3.63) is 0 Å². The van der Waals surface area contributed by atoms with Crippen molar-refractivity contribution >= 4 is 9.24 Å². The molecule has 0 amide bonds. The zero-order chi connectivity index (χ0) is 13.1. The maximum Gasteiger partial charge on any atom is 0.263 e. The Morgan fingerprint density at radius 2 is 1.76 bits per heavy atom. The fourth-order valence-electron chi connectivity index (χ4n) is 2.17. The molecular formula is C12H25F2N2P. The zero-order valence-electron chi connectivity index (χ0n) is 10.9. The second-order valence-electron chi connectivity index (χ2n) is 5.79. The van der Waals surface area contributed by atoms with Gasteiger partial charge in [0, 0.05) is 18.0 Å². The van der Waals surface area contributed by atoms with Crippen molar-refractivity contribution in [2.24, 2.45) is 11.3 Å². The van der Waals surface area contributed by atoms with Crippen LogP contribution in [0.15, 0.2) is 0 Å². The van der Waals surface area contributed by atoms with Gasteiger partial charge in [-0.3, -0.25) is 5.84 Å². The van der Waals surface area contributed by atoms with E-state index >= 15 is 0 Å². The third-order valence-electron chi connectivity index (χ3n) is 3.94. The van der Waals surface area contributed by atoms with Crippen molar-refractivity contribution in [2.75, 3.05) is 6.54 Å². The van der Waals surface area contributed by atoms with Crippen LogP contribution < -0.4 is 5.84 Å². The maximum atomic E-state index is 13.3. The van der Waals surface area contributed by atoms with Crippen molar-refractivity contribution in [1.29, 1.82) is 0 Å². The predicted molar refractivity (Wildman–Crippen MR) is 70.8 cm³/mol. The number of alkyl halides is 2. The molecule has 1 rings (SSSR count). The molecule has 17 heavy (non-hydrogen) atoms. The lowest BCUT2D eigenvalue weighted by atomic mass is 9.88. The van der Waals surface area contributed by atoms with Gasteiger partial charge in [0.2, 0.25) is 0 Å². The van der Waals surface area contributed by atoms with E-state index in [2.05, 4.69) is 0 Å². The summed E-state index contributed by atoms with van der Waals surface area (Å²) in [5.41, 5.74) is -3.76. The number of hydrazine groups is 1. The van der Waals surface area contributed by atoms with Crippen LogP contribution in [0, 0.1) is 5.41 Å². The first-order valence-corrected chi connectivity index (χ1v) is 7.00. The van der Waals surface area contributed by atoms with Crippen LogP contribution in [0.4, 0.5) is 8.78 Å². The van der Waals surface area contributed by atoms with Crippen molar-refractivity contribution in [3.63, 3.8) is 0 Å². The van der Waals surface area contributed by atoms with E-state index in [0.717, 1.165) is 12.8 Å². The predicted octanol–water partition coefficient (Wildman–Crippen LogP) is 3.38. The summed E-state index contributed by atoms with van der Waals surface area (Å²) in [5.74, 6) is 5.98. The van der Waals surface area contributed by atoms with Crippen LogP contribution in [0.3, 0.4) is 0 Å². The summed E-state index contributed by atoms with van der Waals surface area (Å²) in [6, 6.07) is 0.387. The van der Waals surface area contributed by atoms with Crippen LogP contribution in [-0.2, 0) is 0 Å². The van der Waals surface area contributed by atoms with Gasteiger partial charge in [-0.1, -0.05) is 42.3 Å². The number of halogens is 2. The molecule has 1 unspecified atom stereocenters. The minimum Gasteiger partial charge on any atom is -0.269 e. The van der Waals surface area contributed by atoms with Crippen molar-refractivity contribution in [1.82, 2.24) is 5.01 Å². The molecule has 1 aliphatic carbocycles. The molecule has 1 atom stereocenters. The van der Waals surface area contributed by atoms with E-state index in [9.17, 15) is 8.78 Å². The van der Waals surface area contributed by atoms with Crippen LogP contribution in [0.1, 0.15) is 52.4 Å². The molecule has 2 N–H and O–H groups in total. The van der Waals surface area contributed by atoms with Gasteiger partial charge in [-0.15, -0.1) is 0 Å². The van der Waals surface area contributed by atoms with E-state index in [1.54, 1.807) is 28.1 Å². The number of hydrogen-bond acceptors (Lipinski definition) is 2. The minimum absolute atomic E-state index is 0.387. The molecule has 2 nitrogen and oxygen atoms in total. The van der Waals surface area contributed by atoms with Crippen molar-refractivity contribution in [2.45, 2.75) is 64.1 Å². The number of nitrogens with zero attached hydrogens (tertiary/aromatic N) is 1. The Hall–Kier alpha value is 0.210. The Morgan fingerprint density at radius 1 is 1.24 bits per heavy atom. The summed E-state index contributed by atoms with van der Waals surface area (Å²) in [6.07, 6.45) is 6.32. The fourth-order valence-corrected chi connectivity index (χ4v) is 2.31. The molecule has 0 bridgehead atoms. The first-order valence-electron chi connectivity index (χ1n) is 6.42. The Labute approximate surface area is 105 Å². The lowest BCUT2D eigenvalue weighted by Crippen LogP contribution is -2.45. The Kier molecular flexibility index (Phi) is 5.30. The molecule has 0 heterocycles. The first-order chi connectivity index (χ1) is 7.74. The standard InChI is InChI=1S/C12H25F2N2P/c1-11(2,12(13,14)17)8-9-16(15)10-6-4-3-5-7-10/h10H,3-9,15,17H2,1-2H3. The molecule has 0 aliphatic heterocycles. The van der Waals surface area contributed by atoms with E-state index in [0.29, 0.717) is 19.0 Å². The third kappa shape index (κ3) is 4.42. The van der Waals surface area contributed by atoms with Crippen LogP contribution in [0.25, 0.3) is 0 Å². The van der Waals surface area contributed by atoms with Gasteiger partial charge in [-0.05, 0) is 19.3 Å².